The van der Waals surface area contributed by atoms with Crippen molar-refractivity contribution in [2.24, 2.45) is 11.8 Å². The third kappa shape index (κ3) is 4.69. The van der Waals surface area contributed by atoms with Gasteiger partial charge in [0.2, 0.25) is 0 Å². The Hall–Kier alpha value is -2.49. The zero-order valence-corrected chi connectivity index (χ0v) is 22.0. The molecule has 1 aliphatic heterocycles. The predicted molar refractivity (Wildman–Crippen MR) is 137 cm³/mol. The molecule has 1 aliphatic carbocycles. The summed E-state index contributed by atoms with van der Waals surface area (Å²) in [6.45, 7) is 5.66. The number of hydrogen-bond acceptors (Lipinski definition) is 8. The summed E-state index contributed by atoms with van der Waals surface area (Å²) in [5.41, 5.74) is 3.84. The zero-order valence-electron chi connectivity index (χ0n) is 21.2. The van der Waals surface area contributed by atoms with Crippen LogP contribution in [0.5, 0.6) is 17.4 Å². The van der Waals surface area contributed by atoms with Crippen molar-refractivity contribution in [3.05, 3.63) is 23.1 Å². The van der Waals surface area contributed by atoms with Crippen LogP contribution in [-0.4, -0.2) is 64.4 Å². The van der Waals surface area contributed by atoms with E-state index < -0.39 is 0 Å². The molecule has 1 saturated carbocycles. The smallest absolute Gasteiger partial charge is 0.258 e. The van der Waals surface area contributed by atoms with Gasteiger partial charge in [0.25, 0.3) is 5.88 Å². The maximum atomic E-state index is 5.83. The first-order valence-corrected chi connectivity index (χ1v) is 13.1. The minimum atomic E-state index is -0.0821. The SMILES string of the molecule is COc1cc(C(C)OC)cc(OC)c1-c1csc2c(N(CC3CC3)CC3CCOC3)c(OC)nn12. The van der Waals surface area contributed by atoms with Gasteiger partial charge in [0, 0.05) is 38.1 Å². The van der Waals surface area contributed by atoms with Crippen LogP contribution in [0.1, 0.15) is 37.9 Å². The summed E-state index contributed by atoms with van der Waals surface area (Å²) >= 11 is 1.67. The molecule has 0 spiro atoms. The second-order valence-corrected chi connectivity index (χ2v) is 10.3. The van der Waals surface area contributed by atoms with Crippen LogP contribution in [0.4, 0.5) is 5.69 Å². The minimum absolute atomic E-state index is 0.0821. The summed E-state index contributed by atoms with van der Waals surface area (Å²) in [4.78, 5) is 3.55. The fourth-order valence-corrected chi connectivity index (χ4v) is 5.85. The number of aromatic nitrogens is 2. The number of rotatable bonds is 11. The lowest BCUT2D eigenvalue weighted by molar-refractivity contribution is 0.119. The Morgan fingerprint density at radius 3 is 2.34 bits per heavy atom. The number of benzene rings is 1. The van der Waals surface area contributed by atoms with Crippen LogP contribution in [0.25, 0.3) is 16.1 Å². The normalized spacial score (nSPS) is 18.7. The first-order valence-electron chi connectivity index (χ1n) is 12.2. The molecule has 2 unspecified atom stereocenters. The summed E-state index contributed by atoms with van der Waals surface area (Å²) < 4.78 is 30.7. The van der Waals surface area contributed by atoms with Crippen LogP contribution >= 0.6 is 11.3 Å². The lowest BCUT2D eigenvalue weighted by Gasteiger charge is -2.26. The molecule has 2 atom stereocenters. The maximum Gasteiger partial charge on any atom is 0.258 e. The Balaban J connectivity index is 1.61. The average Bonchev–Trinajstić information content (AvgIpc) is 3.23. The second kappa shape index (κ2) is 10.2. The van der Waals surface area contributed by atoms with E-state index >= 15 is 0 Å². The predicted octanol–water partition coefficient (Wildman–Crippen LogP) is 5.05. The summed E-state index contributed by atoms with van der Waals surface area (Å²) in [6.07, 6.45) is 3.60. The Kier molecular flexibility index (Phi) is 7.09. The van der Waals surface area contributed by atoms with Gasteiger partial charge in [-0.25, -0.2) is 4.52 Å². The van der Waals surface area contributed by atoms with Crippen molar-refractivity contribution >= 4 is 21.9 Å². The monoisotopic (exact) mass is 501 g/mol. The van der Waals surface area contributed by atoms with Gasteiger partial charge in [-0.15, -0.1) is 16.4 Å². The molecule has 2 aliphatic rings. The van der Waals surface area contributed by atoms with Crippen molar-refractivity contribution in [2.75, 3.05) is 59.6 Å². The molecule has 35 heavy (non-hydrogen) atoms. The zero-order chi connectivity index (χ0) is 24.5. The van der Waals surface area contributed by atoms with E-state index in [1.165, 1.54) is 12.8 Å². The van der Waals surface area contributed by atoms with Crippen LogP contribution in [0.3, 0.4) is 0 Å². The van der Waals surface area contributed by atoms with Crippen LogP contribution in [-0.2, 0) is 9.47 Å². The van der Waals surface area contributed by atoms with Gasteiger partial charge in [-0.05, 0) is 49.8 Å². The van der Waals surface area contributed by atoms with E-state index in [4.69, 9.17) is 28.8 Å². The number of methoxy groups -OCH3 is 4. The van der Waals surface area contributed by atoms with Crippen LogP contribution in [0.15, 0.2) is 17.5 Å². The van der Waals surface area contributed by atoms with E-state index in [1.54, 1.807) is 39.8 Å². The molecule has 2 aromatic heterocycles. The van der Waals surface area contributed by atoms with Crippen LogP contribution < -0.4 is 19.1 Å². The summed E-state index contributed by atoms with van der Waals surface area (Å²) in [5.74, 6) is 3.37. The standard InChI is InChI=1S/C26H35N3O5S/c1-16(30-2)19-10-21(31-3)23(22(11-19)32-4)20-15-35-26-24(25(33-5)27-29(20)26)28(12-17-6-7-17)13-18-8-9-34-14-18/h10-11,15-18H,6-9,12-14H2,1-5H3. The Bertz CT molecular complexity index is 1140. The Morgan fingerprint density at radius 2 is 1.77 bits per heavy atom. The molecule has 5 rings (SSSR count). The molecule has 2 fully saturated rings. The highest BCUT2D eigenvalue weighted by Crippen LogP contribution is 2.46. The molecular weight excluding hydrogens is 466 g/mol. The molecule has 3 aromatic rings. The van der Waals surface area contributed by atoms with E-state index in [1.807, 2.05) is 23.6 Å². The molecule has 8 nitrogen and oxygen atoms in total. The van der Waals surface area contributed by atoms with Crippen molar-refractivity contribution in [3.63, 3.8) is 0 Å². The number of hydrogen-bond donors (Lipinski definition) is 0. The topological polar surface area (TPSA) is 66.7 Å². The first-order chi connectivity index (χ1) is 17.1. The Morgan fingerprint density at radius 1 is 1.06 bits per heavy atom. The number of thiazole rings is 1. The number of fused-ring (bicyclic) bond motifs is 1. The molecule has 0 N–H and O–H groups in total. The highest BCUT2D eigenvalue weighted by atomic mass is 32.1. The fourth-order valence-electron chi connectivity index (χ4n) is 4.84. The van der Waals surface area contributed by atoms with Crippen molar-refractivity contribution in [2.45, 2.75) is 32.3 Å². The van der Waals surface area contributed by atoms with Gasteiger partial charge in [-0.1, -0.05) is 0 Å². The number of anilines is 1. The van der Waals surface area contributed by atoms with Gasteiger partial charge in [0.15, 0.2) is 0 Å². The van der Waals surface area contributed by atoms with Gasteiger partial charge in [0.1, 0.15) is 22.0 Å². The van der Waals surface area contributed by atoms with Gasteiger partial charge in [-0.3, -0.25) is 0 Å². The quantitative estimate of drug-likeness (QED) is 0.364. The van der Waals surface area contributed by atoms with Crippen molar-refractivity contribution in [1.82, 2.24) is 9.61 Å². The Labute approximate surface area is 210 Å². The molecule has 3 heterocycles. The summed E-state index contributed by atoms with van der Waals surface area (Å²) in [6, 6.07) is 4.02. The highest BCUT2D eigenvalue weighted by molar-refractivity contribution is 7.16. The van der Waals surface area contributed by atoms with Crippen LogP contribution in [0, 0.1) is 11.8 Å². The van der Waals surface area contributed by atoms with E-state index in [2.05, 4.69) is 10.3 Å². The van der Waals surface area contributed by atoms with Gasteiger partial charge in [0.05, 0.1) is 45.3 Å². The minimum Gasteiger partial charge on any atom is -0.496 e. The molecule has 0 bridgehead atoms. The summed E-state index contributed by atoms with van der Waals surface area (Å²) in [7, 11) is 6.76. The van der Waals surface area contributed by atoms with E-state index in [-0.39, 0.29) is 6.10 Å². The fraction of sp³-hybridized carbons (Fsp3) is 0.577. The average molecular weight is 502 g/mol. The summed E-state index contributed by atoms with van der Waals surface area (Å²) in [5, 5.41) is 7.04. The molecule has 190 valence electrons. The van der Waals surface area contributed by atoms with Gasteiger partial charge in [-0.2, -0.15) is 0 Å². The van der Waals surface area contributed by atoms with E-state index in [0.29, 0.717) is 11.8 Å². The van der Waals surface area contributed by atoms with E-state index in [9.17, 15) is 0 Å². The largest absolute Gasteiger partial charge is 0.496 e. The molecule has 0 radical (unpaired) electrons. The lowest BCUT2D eigenvalue weighted by atomic mass is 10.0. The molecule has 1 saturated heterocycles. The number of ether oxygens (including phenoxy) is 5. The molecule has 1 aromatic carbocycles. The molecule has 9 heteroatoms. The lowest BCUT2D eigenvalue weighted by Crippen LogP contribution is -2.31. The van der Waals surface area contributed by atoms with Crippen molar-refractivity contribution in [3.8, 4) is 28.6 Å². The molecular formula is C26H35N3O5S. The van der Waals surface area contributed by atoms with Gasteiger partial charge < -0.3 is 28.6 Å². The maximum absolute atomic E-state index is 5.83. The van der Waals surface area contributed by atoms with E-state index in [0.717, 1.165) is 77.5 Å². The van der Waals surface area contributed by atoms with Crippen molar-refractivity contribution < 1.29 is 23.7 Å². The third-order valence-electron chi connectivity index (χ3n) is 7.09. The highest BCUT2D eigenvalue weighted by Gasteiger charge is 2.32. The third-order valence-corrected chi connectivity index (χ3v) is 8.02. The van der Waals surface area contributed by atoms with Gasteiger partial charge >= 0.3 is 0 Å². The van der Waals surface area contributed by atoms with Crippen LogP contribution in [0.2, 0.25) is 0 Å². The number of nitrogens with zero attached hydrogens (tertiary/aromatic N) is 3. The second-order valence-electron chi connectivity index (χ2n) is 9.45. The van der Waals surface area contributed by atoms with Crippen molar-refractivity contribution in [1.29, 1.82) is 0 Å². The first kappa shape index (κ1) is 24.2. The molecule has 0 amide bonds.